The van der Waals surface area contributed by atoms with E-state index in [1.54, 1.807) is 0 Å². The summed E-state index contributed by atoms with van der Waals surface area (Å²) in [6.07, 6.45) is -33.8. The zero-order chi connectivity index (χ0) is 35.6. The number of nitrogens with one attached hydrogen (secondary N) is 1. The van der Waals surface area contributed by atoms with Crippen LogP contribution in [0.3, 0.4) is 0 Å². The minimum Gasteiger partial charge on any atom is -0.394 e. The monoisotopic (exact) mass is 707 g/mol. The zero-order valence-corrected chi connectivity index (χ0v) is 25.5. The van der Waals surface area contributed by atoms with Crippen molar-refractivity contribution in [3.05, 3.63) is 0 Å². The van der Waals surface area contributed by atoms with Crippen molar-refractivity contribution >= 4 is 5.91 Å². The molecule has 20 atom stereocenters. The SMILES string of the molecule is CC(=O)N[C@H]1[C@H](O[C@H]2[C@@H](O)[C@H](O[C@H]3[C@H](O)[C@@H](O)C(O)O[C@@H]3CO)O[C@H](CO)[C@H]2O)O[C@H](CO)[C@@H](O)[C@@H]1O[C@@H]1O[C@H](CO)[C@H](O)C(O)[C@H]1O. The van der Waals surface area contributed by atoms with Gasteiger partial charge in [-0.1, -0.05) is 0 Å². The van der Waals surface area contributed by atoms with E-state index in [9.17, 15) is 71.2 Å². The van der Waals surface area contributed by atoms with Crippen LogP contribution < -0.4 is 5.32 Å². The molecule has 2 unspecified atom stereocenters. The highest BCUT2D eigenvalue weighted by molar-refractivity contribution is 5.73. The number of hydrogen-bond donors (Lipinski definition) is 14. The maximum absolute atomic E-state index is 12.3. The van der Waals surface area contributed by atoms with E-state index in [1.165, 1.54) is 0 Å². The molecule has 4 fully saturated rings. The molecule has 0 aliphatic carbocycles. The number of rotatable bonds is 11. The minimum atomic E-state index is -2.04. The Labute approximate surface area is 272 Å². The molecular weight excluding hydrogens is 662 g/mol. The maximum atomic E-state index is 12.3. The maximum Gasteiger partial charge on any atom is 0.217 e. The van der Waals surface area contributed by atoms with E-state index in [0.29, 0.717) is 0 Å². The van der Waals surface area contributed by atoms with E-state index in [1.807, 2.05) is 0 Å². The number of aliphatic hydroxyl groups excluding tert-OH is 13. The van der Waals surface area contributed by atoms with Gasteiger partial charge in [-0.05, 0) is 0 Å². The highest BCUT2D eigenvalue weighted by Gasteiger charge is 2.55. The third kappa shape index (κ3) is 8.08. The number of hydrogen-bond acceptors (Lipinski definition) is 21. The van der Waals surface area contributed by atoms with Crippen LogP contribution in [0.15, 0.2) is 0 Å². The van der Waals surface area contributed by atoms with Gasteiger partial charge in [-0.25, -0.2) is 0 Å². The minimum absolute atomic E-state index is 0.765. The van der Waals surface area contributed by atoms with E-state index in [-0.39, 0.29) is 0 Å². The molecule has 14 N–H and O–H groups in total. The Hall–Kier alpha value is -1.33. The fourth-order valence-corrected chi connectivity index (χ4v) is 5.94. The molecule has 4 saturated heterocycles. The smallest absolute Gasteiger partial charge is 0.217 e. The van der Waals surface area contributed by atoms with Gasteiger partial charge in [0, 0.05) is 6.92 Å². The van der Waals surface area contributed by atoms with Crippen molar-refractivity contribution in [1.29, 1.82) is 0 Å². The third-order valence-corrected chi connectivity index (χ3v) is 8.61. The van der Waals surface area contributed by atoms with Crippen molar-refractivity contribution in [3.63, 3.8) is 0 Å². The molecule has 0 spiro atoms. The van der Waals surface area contributed by atoms with Crippen molar-refractivity contribution < 1.29 is 104 Å². The first-order chi connectivity index (χ1) is 22.7. The Morgan fingerprint density at radius 2 is 0.958 bits per heavy atom. The number of ether oxygens (including phenoxy) is 7. The summed E-state index contributed by atoms with van der Waals surface area (Å²) in [5.74, 6) is -0.765. The van der Waals surface area contributed by atoms with Crippen molar-refractivity contribution in [2.24, 2.45) is 0 Å². The summed E-state index contributed by atoms with van der Waals surface area (Å²) < 4.78 is 38.7. The summed E-state index contributed by atoms with van der Waals surface area (Å²) in [6, 6.07) is -1.61. The average molecular weight is 708 g/mol. The first-order valence-electron chi connectivity index (χ1n) is 15.1. The number of carbonyl (C=O) groups excluding carboxylic acids is 1. The van der Waals surface area contributed by atoms with Gasteiger partial charge in [0.2, 0.25) is 5.91 Å². The second kappa shape index (κ2) is 16.8. The van der Waals surface area contributed by atoms with Crippen LogP contribution in [0.4, 0.5) is 0 Å². The standard InChI is InChI=1S/C26H45NO21/c1-6(32)27-11-21(47-25-18(39)15(36)12(33)7(2-28)44-25)13(34)8(3-29)43-24(11)48-22-14(35)9(4-30)45-26(19(22)40)46-20-10(5-31)42-23(41)17(38)16(20)37/h7-26,28-31,33-41H,2-5H2,1H3,(H,27,32)/t7-,8-,9-,10-,11-,12+,13-,14-,15?,16-,17-,18-,19-,20-,21-,22-,23?,24+,25+,26+/m1/s1. The van der Waals surface area contributed by atoms with Gasteiger partial charge in [0.05, 0.1) is 26.4 Å². The van der Waals surface area contributed by atoms with Gasteiger partial charge in [-0.15, -0.1) is 0 Å². The van der Waals surface area contributed by atoms with Crippen LogP contribution in [0, 0.1) is 0 Å². The molecule has 0 saturated carbocycles. The molecule has 0 radical (unpaired) electrons. The van der Waals surface area contributed by atoms with Gasteiger partial charge in [0.25, 0.3) is 0 Å². The van der Waals surface area contributed by atoms with Crippen LogP contribution in [0.1, 0.15) is 6.92 Å². The molecule has 4 aliphatic rings. The Kier molecular flexibility index (Phi) is 13.8. The Morgan fingerprint density at radius 1 is 0.500 bits per heavy atom. The topological polar surface area (TPSA) is 357 Å². The molecule has 48 heavy (non-hydrogen) atoms. The van der Waals surface area contributed by atoms with Crippen LogP contribution in [-0.4, -0.2) is 221 Å². The first kappa shape index (κ1) is 39.5. The summed E-state index contributed by atoms with van der Waals surface area (Å²) in [6.45, 7) is -2.41. The Morgan fingerprint density at radius 3 is 1.50 bits per heavy atom. The lowest BCUT2D eigenvalue weighted by Crippen LogP contribution is -2.70. The summed E-state index contributed by atoms with van der Waals surface area (Å²) in [7, 11) is 0. The second-order valence-corrected chi connectivity index (χ2v) is 11.9. The number of carbonyl (C=O) groups is 1. The molecule has 0 aromatic carbocycles. The van der Waals surface area contributed by atoms with E-state index in [0.717, 1.165) is 6.92 Å². The van der Waals surface area contributed by atoms with Crippen molar-refractivity contribution in [3.8, 4) is 0 Å². The van der Waals surface area contributed by atoms with Crippen molar-refractivity contribution in [2.45, 2.75) is 130 Å². The molecule has 0 aromatic heterocycles. The van der Waals surface area contributed by atoms with Crippen LogP contribution >= 0.6 is 0 Å². The molecule has 0 aromatic rings. The second-order valence-electron chi connectivity index (χ2n) is 11.9. The highest BCUT2D eigenvalue weighted by atomic mass is 16.8. The number of aliphatic hydroxyl groups is 13. The van der Waals surface area contributed by atoms with Crippen LogP contribution in [0.2, 0.25) is 0 Å². The average Bonchev–Trinajstić information content (AvgIpc) is 3.06. The van der Waals surface area contributed by atoms with E-state index in [4.69, 9.17) is 33.2 Å². The fourth-order valence-electron chi connectivity index (χ4n) is 5.94. The molecule has 4 rings (SSSR count). The first-order valence-corrected chi connectivity index (χ1v) is 15.1. The summed E-state index contributed by atoms with van der Waals surface area (Å²) in [5, 5.41) is 136. The Bertz CT molecular complexity index is 1030. The number of amides is 1. The van der Waals surface area contributed by atoms with Gasteiger partial charge >= 0.3 is 0 Å². The highest BCUT2D eigenvalue weighted by Crippen LogP contribution is 2.34. The quantitative estimate of drug-likeness (QED) is 0.0947. The fraction of sp³-hybridized carbons (Fsp3) is 0.962. The van der Waals surface area contributed by atoms with Crippen LogP contribution in [0.25, 0.3) is 0 Å². The Balaban J connectivity index is 1.61. The molecule has 4 heterocycles. The normalized spacial score (nSPS) is 50.2. The van der Waals surface area contributed by atoms with Crippen LogP contribution in [0.5, 0.6) is 0 Å². The molecular formula is C26H45NO21. The summed E-state index contributed by atoms with van der Waals surface area (Å²) >= 11 is 0. The molecule has 280 valence electrons. The van der Waals surface area contributed by atoms with E-state index in [2.05, 4.69) is 5.32 Å². The molecule has 22 heteroatoms. The van der Waals surface area contributed by atoms with Crippen molar-refractivity contribution in [2.75, 3.05) is 26.4 Å². The van der Waals surface area contributed by atoms with Gasteiger partial charge in [-0.2, -0.15) is 0 Å². The zero-order valence-electron chi connectivity index (χ0n) is 25.5. The third-order valence-electron chi connectivity index (χ3n) is 8.61. The predicted octanol–water partition coefficient (Wildman–Crippen LogP) is -9.61. The lowest BCUT2D eigenvalue weighted by atomic mass is 9.94. The van der Waals surface area contributed by atoms with Crippen LogP contribution in [-0.2, 0) is 38.0 Å². The molecule has 22 nitrogen and oxygen atoms in total. The van der Waals surface area contributed by atoms with Crippen molar-refractivity contribution in [1.82, 2.24) is 5.32 Å². The van der Waals surface area contributed by atoms with E-state index < -0.39 is 155 Å². The predicted molar refractivity (Wildman–Crippen MR) is 145 cm³/mol. The lowest BCUT2D eigenvalue weighted by molar-refractivity contribution is -0.379. The summed E-state index contributed by atoms with van der Waals surface area (Å²) in [5.41, 5.74) is 0. The molecule has 1 amide bonds. The van der Waals surface area contributed by atoms with Gasteiger partial charge in [0.1, 0.15) is 97.6 Å². The van der Waals surface area contributed by atoms with E-state index >= 15 is 0 Å². The summed E-state index contributed by atoms with van der Waals surface area (Å²) in [4.78, 5) is 12.3. The molecule has 0 bridgehead atoms. The van der Waals surface area contributed by atoms with Gasteiger partial charge in [-0.3, -0.25) is 4.79 Å². The largest absolute Gasteiger partial charge is 0.394 e. The van der Waals surface area contributed by atoms with Gasteiger partial charge in [0.15, 0.2) is 25.2 Å². The lowest BCUT2D eigenvalue weighted by Gasteiger charge is -2.50. The van der Waals surface area contributed by atoms with Gasteiger partial charge < -0.3 is 105 Å². The molecule has 4 aliphatic heterocycles.